The number of aromatic nitrogens is 4. The summed E-state index contributed by atoms with van der Waals surface area (Å²) in [5.41, 5.74) is -0.525. The van der Waals surface area contributed by atoms with Crippen molar-refractivity contribution in [2.24, 2.45) is 0 Å². The van der Waals surface area contributed by atoms with Gasteiger partial charge in [-0.1, -0.05) is 0 Å². The molecule has 0 fully saturated rings. The Kier molecular flexibility index (Phi) is 3.59. The Morgan fingerprint density at radius 2 is 1.95 bits per heavy atom. The molecule has 5 nitrogen and oxygen atoms in total. The monoisotopic (exact) mass is 270 g/mol. The number of hydrogen-bond donors (Lipinski definition) is 0. The molecule has 0 aliphatic heterocycles. The maximum atomic E-state index is 12.5. The first-order valence-electron chi connectivity index (χ1n) is 5.29. The summed E-state index contributed by atoms with van der Waals surface area (Å²) in [6, 6.07) is 2.03. The van der Waals surface area contributed by atoms with Crippen LogP contribution in [-0.2, 0) is 6.18 Å². The van der Waals surface area contributed by atoms with Gasteiger partial charge in [-0.2, -0.15) is 18.2 Å². The fourth-order valence-corrected chi connectivity index (χ4v) is 1.32. The molecule has 2 aromatic rings. The van der Waals surface area contributed by atoms with Gasteiger partial charge >= 0.3 is 12.2 Å². The first-order valence-corrected chi connectivity index (χ1v) is 5.29. The third-order valence-corrected chi connectivity index (χ3v) is 2.23. The van der Waals surface area contributed by atoms with E-state index in [-0.39, 0.29) is 6.01 Å². The number of alkyl halides is 3. The first kappa shape index (κ1) is 13.2. The van der Waals surface area contributed by atoms with Gasteiger partial charge < -0.3 is 4.74 Å². The van der Waals surface area contributed by atoms with Gasteiger partial charge in [0.1, 0.15) is 12.4 Å². The predicted octanol–water partition coefficient (Wildman–Crippen LogP) is 2.43. The minimum atomic E-state index is -4.53. The standard InChI is InChI=1S/C11H9F3N4O/c1-7(8-2-4-15-6-17-8)19-10-16-5-3-9(18-10)11(12,13)14/h2-7H,1H3/t7-/m1/s1. The summed E-state index contributed by atoms with van der Waals surface area (Å²) in [6.45, 7) is 1.63. The van der Waals surface area contributed by atoms with Gasteiger partial charge in [0.15, 0.2) is 5.69 Å². The highest BCUT2D eigenvalue weighted by atomic mass is 19.4. The van der Waals surface area contributed by atoms with Crippen molar-refractivity contribution < 1.29 is 17.9 Å². The molecule has 2 heterocycles. The minimum absolute atomic E-state index is 0.346. The molecule has 0 N–H and O–H groups in total. The van der Waals surface area contributed by atoms with Crippen molar-refractivity contribution in [2.45, 2.75) is 19.2 Å². The Hall–Kier alpha value is -2.25. The summed E-state index contributed by atoms with van der Waals surface area (Å²) >= 11 is 0. The number of hydrogen-bond acceptors (Lipinski definition) is 5. The lowest BCUT2D eigenvalue weighted by atomic mass is 10.3. The Bertz CT molecular complexity index is 547. The zero-order valence-corrected chi connectivity index (χ0v) is 9.80. The molecular formula is C11H9F3N4O. The Morgan fingerprint density at radius 1 is 1.16 bits per heavy atom. The molecule has 0 bridgehead atoms. The van der Waals surface area contributed by atoms with E-state index in [2.05, 4.69) is 19.9 Å². The van der Waals surface area contributed by atoms with Crippen LogP contribution in [-0.4, -0.2) is 19.9 Å². The molecule has 100 valence electrons. The van der Waals surface area contributed by atoms with Gasteiger partial charge in [0.05, 0.1) is 5.69 Å². The van der Waals surface area contributed by atoms with E-state index >= 15 is 0 Å². The Labute approximate surface area is 106 Å². The number of ether oxygens (including phenoxy) is 1. The zero-order chi connectivity index (χ0) is 13.9. The van der Waals surface area contributed by atoms with Crippen LogP contribution in [0.3, 0.4) is 0 Å². The Balaban J connectivity index is 2.16. The summed E-state index contributed by atoms with van der Waals surface area (Å²) in [5.74, 6) is 0. The van der Waals surface area contributed by atoms with Crippen molar-refractivity contribution in [3.05, 3.63) is 42.2 Å². The normalized spacial score (nSPS) is 13.1. The molecule has 0 spiro atoms. The maximum Gasteiger partial charge on any atom is 0.433 e. The van der Waals surface area contributed by atoms with E-state index in [1.165, 1.54) is 12.5 Å². The van der Waals surface area contributed by atoms with E-state index in [1.54, 1.807) is 13.0 Å². The zero-order valence-electron chi connectivity index (χ0n) is 9.80. The summed E-state index contributed by atoms with van der Waals surface area (Å²) in [5, 5.41) is 0. The van der Waals surface area contributed by atoms with Gasteiger partial charge in [-0.15, -0.1) is 0 Å². The molecule has 2 aromatic heterocycles. The van der Waals surface area contributed by atoms with E-state index in [4.69, 9.17) is 4.74 Å². The van der Waals surface area contributed by atoms with Crippen LogP contribution >= 0.6 is 0 Å². The highest BCUT2D eigenvalue weighted by molar-refractivity contribution is 5.10. The molecule has 2 rings (SSSR count). The molecule has 0 amide bonds. The second kappa shape index (κ2) is 5.17. The van der Waals surface area contributed by atoms with Crippen LogP contribution in [0.25, 0.3) is 0 Å². The van der Waals surface area contributed by atoms with Crippen LogP contribution in [0.4, 0.5) is 13.2 Å². The largest absolute Gasteiger partial charge is 0.454 e. The number of nitrogens with zero attached hydrogens (tertiary/aromatic N) is 4. The lowest BCUT2D eigenvalue weighted by molar-refractivity contribution is -0.141. The van der Waals surface area contributed by atoms with Gasteiger partial charge in [0.2, 0.25) is 0 Å². The summed E-state index contributed by atoms with van der Waals surface area (Å²) in [6.07, 6.45) is -1.28. The van der Waals surface area contributed by atoms with E-state index in [0.29, 0.717) is 5.69 Å². The van der Waals surface area contributed by atoms with Gasteiger partial charge in [0.25, 0.3) is 0 Å². The SMILES string of the molecule is C[C@@H](Oc1nccc(C(F)(F)F)n1)c1ccncn1. The molecule has 0 saturated heterocycles. The van der Waals surface area contributed by atoms with Crippen LogP contribution in [0.15, 0.2) is 30.9 Å². The fraction of sp³-hybridized carbons (Fsp3) is 0.273. The molecule has 0 aliphatic rings. The van der Waals surface area contributed by atoms with Crippen molar-refractivity contribution >= 4 is 0 Å². The average Bonchev–Trinajstić information content (AvgIpc) is 2.39. The second-order valence-electron chi connectivity index (χ2n) is 3.62. The topological polar surface area (TPSA) is 60.8 Å². The van der Waals surface area contributed by atoms with E-state index < -0.39 is 18.0 Å². The molecule has 0 radical (unpaired) electrons. The van der Waals surface area contributed by atoms with E-state index in [9.17, 15) is 13.2 Å². The van der Waals surface area contributed by atoms with Crippen molar-refractivity contribution in [2.75, 3.05) is 0 Å². The average molecular weight is 270 g/mol. The lowest BCUT2D eigenvalue weighted by Gasteiger charge is -2.13. The van der Waals surface area contributed by atoms with Gasteiger partial charge in [-0.3, -0.25) is 0 Å². The van der Waals surface area contributed by atoms with E-state index in [0.717, 1.165) is 12.3 Å². The summed E-state index contributed by atoms with van der Waals surface area (Å²) in [7, 11) is 0. The van der Waals surface area contributed by atoms with Gasteiger partial charge in [-0.25, -0.2) is 15.0 Å². The highest BCUT2D eigenvalue weighted by Gasteiger charge is 2.33. The quantitative estimate of drug-likeness (QED) is 0.857. The smallest absolute Gasteiger partial charge is 0.433 e. The second-order valence-corrected chi connectivity index (χ2v) is 3.62. The summed E-state index contributed by atoms with van der Waals surface area (Å²) < 4.78 is 42.6. The van der Waals surface area contributed by atoms with Gasteiger partial charge in [0, 0.05) is 12.4 Å². The molecule has 19 heavy (non-hydrogen) atoms. The lowest BCUT2D eigenvalue weighted by Crippen LogP contribution is -2.12. The van der Waals surface area contributed by atoms with Gasteiger partial charge in [-0.05, 0) is 19.1 Å². The molecule has 0 aliphatic carbocycles. The minimum Gasteiger partial charge on any atom is -0.454 e. The van der Waals surface area contributed by atoms with E-state index in [1.807, 2.05) is 0 Å². The van der Waals surface area contributed by atoms with Crippen molar-refractivity contribution in [1.82, 2.24) is 19.9 Å². The number of rotatable bonds is 3. The molecule has 1 atom stereocenters. The molecule has 0 saturated carbocycles. The summed E-state index contributed by atoms with van der Waals surface area (Å²) in [4.78, 5) is 14.6. The number of halogens is 3. The predicted molar refractivity (Wildman–Crippen MR) is 58.1 cm³/mol. The van der Waals surface area contributed by atoms with Crippen LogP contribution in [0.5, 0.6) is 6.01 Å². The third kappa shape index (κ3) is 3.36. The molecule has 0 aromatic carbocycles. The van der Waals surface area contributed by atoms with Crippen molar-refractivity contribution in [3.8, 4) is 6.01 Å². The maximum absolute atomic E-state index is 12.5. The molecule has 0 unspecified atom stereocenters. The van der Waals surface area contributed by atoms with Crippen molar-refractivity contribution in [1.29, 1.82) is 0 Å². The van der Waals surface area contributed by atoms with Crippen LogP contribution in [0.2, 0.25) is 0 Å². The van der Waals surface area contributed by atoms with Crippen LogP contribution in [0.1, 0.15) is 24.4 Å². The highest BCUT2D eigenvalue weighted by Crippen LogP contribution is 2.28. The fourth-order valence-electron chi connectivity index (χ4n) is 1.32. The van der Waals surface area contributed by atoms with Crippen molar-refractivity contribution in [3.63, 3.8) is 0 Å². The first-order chi connectivity index (χ1) is 8.97. The Morgan fingerprint density at radius 3 is 2.58 bits per heavy atom. The molecule has 8 heteroatoms. The third-order valence-electron chi connectivity index (χ3n) is 2.23. The molecular weight excluding hydrogens is 261 g/mol. The van der Waals surface area contributed by atoms with Crippen LogP contribution in [0, 0.1) is 0 Å². The van der Waals surface area contributed by atoms with Crippen LogP contribution < -0.4 is 4.74 Å².